The Hall–Kier alpha value is -4.42. The molecule has 5 aromatic rings. The number of fused-ring (bicyclic) bond motifs is 3. The fourth-order valence-electron chi connectivity index (χ4n) is 5.55. The van der Waals surface area contributed by atoms with Gasteiger partial charge in [-0.25, -0.2) is 4.39 Å². The zero-order chi connectivity index (χ0) is 28.0. The second-order valence-corrected chi connectivity index (χ2v) is 10.4. The first-order valence-corrected chi connectivity index (χ1v) is 13.4. The van der Waals surface area contributed by atoms with Gasteiger partial charge in [0.1, 0.15) is 11.6 Å². The van der Waals surface area contributed by atoms with Crippen molar-refractivity contribution in [3.63, 3.8) is 0 Å². The van der Waals surface area contributed by atoms with Crippen LogP contribution in [0, 0.1) is 12.7 Å². The molecule has 1 aliphatic heterocycles. The third-order valence-corrected chi connectivity index (χ3v) is 7.77. The topological polar surface area (TPSA) is 51.5 Å². The third kappa shape index (κ3) is 4.44. The van der Waals surface area contributed by atoms with Gasteiger partial charge in [0.15, 0.2) is 0 Å². The molecule has 0 fully saturated rings. The number of aromatic nitrogens is 1. The Morgan fingerprint density at radius 1 is 0.875 bits per heavy atom. The molecule has 1 aromatic heterocycles. The van der Waals surface area contributed by atoms with Crippen molar-refractivity contribution in [2.45, 2.75) is 19.4 Å². The van der Waals surface area contributed by atoms with Crippen molar-refractivity contribution in [3.05, 3.63) is 135 Å². The number of nitrogens with zero attached hydrogens (tertiary/aromatic N) is 2. The number of methoxy groups -OCH3 is 1. The van der Waals surface area contributed by atoms with E-state index in [9.17, 15) is 14.0 Å². The number of carbonyl (C=O) groups is 2. The van der Waals surface area contributed by atoms with E-state index in [0.29, 0.717) is 46.1 Å². The molecule has 1 amide bonds. The van der Waals surface area contributed by atoms with Gasteiger partial charge >= 0.3 is 0 Å². The minimum absolute atomic E-state index is 0.129. The highest BCUT2D eigenvalue weighted by Gasteiger charge is 2.38. The summed E-state index contributed by atoms with van der Waals surface area (Å²) in [5, 5.41) is 1.42. The summed E-state index contributed by atoms with van der Waals surface area (Å²) in [6, 6.07) is 25.4. The molecule has 40 heavy (non-hydrogen) atoms. The van der Waals surface area contributed by atoms with E-state index in [1.165, 1.54) is 24.3 Å². The summed E-state index contributed by atoms with van der Waals surface area (Å²) in [7, 11) is 1.60. The first-order chi connectivity index (χ1) is 19.4. The van der Waals surface area contributed by atoms with E-state index in [4.69, 9.17) is 16.3 Å². The summed E-state index contributed by atoms with van der Waals surface area (Å²) in [5.74, 6) is -0.174. The van der Waals surface area contributed by atoms with Crippen LogP contribution in [0.5, 0.6) is 5.75 Å². The van der Waals surface area contributed by atoms with Crippen molar-refractivity contribution in [3.8, 4) is 5.75 Å². The van der Waals surface area contributed by atoms with Crippen molar-refractivity contribution in [1.82, 2.24) is 9.47 Å². The number of hydrogen-bond acceptors (Lipinski definition) is 3. The molecule has 0 bridgehead atoms. The number of ether oxygens (including phenoxy) is 1. The predicted molar refractivity (Wildman–Crippen MR) is 154 cm³/mol. The predicted octanol–water partition coefficient (Wildman–Crippen LogP) is 7.23. The minimum atomic E-state index is -0.570. The lowest BCUT2D eigenvalue weighted by Gasteiger charge is -2.37. The number of carbonyl (C=O) groups excluding carboxylic acids is 2. The summed E-state index contributed by atoms with van der Waals surface area (Å²) >= 11 is 6.43. The molecular weight excluding hydrogens is 527 g/mol. The zero-order valence-corrected chi connectivity index (χ0v) is 22.8. The number of aryl methyl sites for hydroxylation is 1. The van der Waals surface area contributed by atoms with Crippen LogP contribution >= 0.6 is 11.6 Å². The van der Waals surface area contributed by atoms with Crippen LogP contribution in [-0.2, 0) is 6.42 Å². The van der Waals surface area contributed by atoms with E-state index < -0.39 is 11.9 Å². The Morgan fingerprint density at radius 2 is 1.52 bits per heavy atom. The number of amides is 1. The van der Waals surface area contributed by atoms with Crippen LogP contribution in [0.3, 0.4) is 0 Å². The zero-order valence-electron chi connectivity index (χ0n) is 22.0. The van der Waals surface area contributed by atoms with Gasteiger partial charge in [-0.3, -0.25) is 14.2 Å². The van der Waals surface area contributed by atoms with E-state index in [1.54, 1.807) is 17.7 Å². The fraction of sp³-hybridized carbons (Fsp3) is 0.152. The highest BCUT2D eigenvalue weighted by atomic mass is 35.5. The molecule has 1 atom stereocenters. The molecule has 7 heteroatoms. The van der Waals surface area contributed by atoms with Crippen molar-refractivity contribution in [2.24, 2.45) is 0 Å². The van der Waals surface area contributed by atoms with Crippen molar-refractivity contribution in [2.75, 3.05) is 13.7 Å². The van der Waals surface area contributed by atoms with Crippen molar-refractivity contribution in [1.29, 1.82) is 0 Å². The highest BCUT2D eigenvalue weighted by Crippen LogP contribution is 2.42. The van der Waals surface area contributed by atoms with Crippen LogP contribution in [0.15, 0.2) is 91.0 Å². The molecule has 0 aliphatic carbocycles. The van der Waals surface area contributed by atoms with Crippen LogP contribution in [0.25, 0.3) is 10.9 Å². The SMILES string of the molecule is COc1ccc(C2c3c(c4cc(Cl)ccc4n3C(=O)c3ccc(F)cc3)CCN2C(=O)c2ccc(C)cc2)cc1. The Kier molecular flexibility index (Phi) is 6.64. The Labute approximate surface area is 236 Å². The van der Waals surface area contributed by atoms with Gasteiger partial charge in [-0.1, -0.05) is 41.4 Å². The summed E-state index contributed by atoms with van der Waals surface area (Å²) in [6.45, 7) is 2.43. The molecule has 4 aromatic carbocycles. The number of rotatable bonds is 4. The van der Waals surface area contributed by atoms with Gasteiger partial charge in [0.2, 0.25) is 0 Å². The molecule has 2 heterocycles. The van der Waals surface area contributed by atoms with Crippen LogP contribution in [0.1, 0.15) is 49.1 Å². The van der Waals surface area contributed by atoms with E-state index >= 15 is 0 Å². The van der Waals surface area contributed by atoms with Gasteiger partial charge in [0.05, 0.1) is 24.4 Å². The molecule has 0 radical (unpaired) electrons. The van der Waals surface area contributed by atoms with Crippen LogP contribution in [0.4, 0.5) is 4.39 Å². The van der Waals surface area contributed by atoms with Gasteiger partial charge in [0, 0.05) is 28.1 Å². The first kappa shape index (κ1) is 25.8. The molecule has 0 spiro atoms. The lowest BCUT2D eigenvalue weighted by Crippen LogP contribution is -2.42. The van der Waals surface area contributed by atoms with Crippen LogP contribution in [0.2, 0.25) is 5.02 Å². The maximum atomic E-state index is 14.1. The first-order valence-electron chi connectivity index (χ1n) is 13.0. The normalized spacial score (nSPS) is 14.7. The molecule has 6 rings (SSSR count). The Bertz CT molecular complexity index is 1740. The van der Waals surface area contributed by atoms with E-state index in [2.05, 4.69) is 0 Å². The highest BCUT2D eigenvalue weighted by molar-refractivity contribution is 6.31. The molecule has 0 N–H and O–H groups in total. The Balaban J connectivity index is 1.60. The summed E-state index contributed by atoms with van der Waals surface area (Å²) in [4.78, 5) is 30.0. The van der Waals surface area contributed by atoms with E-state index in [-0.39, 0.29) is 11.8 Å². The van der Waals surface area contributed by atoms with Gasteiger partial charge in [0.25, 0.3) is 11.8 Å². The molecule has 5 nitrogen and oxygen atoms in total. The maximum absolute atomic E-state index is 14.1. The third-order valence-electron chi connectivity index (χ3n) is 7.53. The lowest BCUT2D eigenvalue weighted by molar-refractivity contribution is 0.0683. The summed E-state index contributed by atoms with van der Waals surface area (Å²) < 4.78 is 20.8. The largest absolute Gasteiger partial charge is 0.497 e. The molecule has 1 aliphatic rings. The maximum Gasteiger partial charge on any atom is 0.262 e. The van der Waals surface area contributed by atoms with E-state index in [0.717, 1.165) is 22.1 Å². The standard InChI is InChI=1S/C33H26ClFN2O3/c1-20-3-5-22(6-4-20)32(38)36-18-17-27-28-19-24(34)11-16-29(28)37(33(39)23-7-12-25(35)13-8-23)31(27)30(36)21-9-14-26(40-2)15-10-21/h3-16,19,30H,17-18H2,1-2H3. The van der Waals surface area contributed by atoms with Gasteiger partial charge < -0.3 is 9.64 Å². The van der Waals surface area contributed by atoms with Gasteiger partial charge in [-0.2, -0.15) is 0 Å². The Morgan fingerprint density at radius 3 is 2.20 bits per heavy atom. The second kappa shape index (κ2) is 10.3. The average molecular weight is 553 g/mol. The molecule has 0 saturated heterocycles. The van der Waals surface area contributed by atoms with Gasteiger partial charge in [-0.15, -0.1) is 0 Å². The van der Waals surface area contributed by atoms with Crippen molar-refractivity contribution < 1.29 is 18.7 Å². The quantitative estimate of drug-likeness (QED) is 0.236. The summed E-state index contributed by atoms with van der Waals surface area (Å²) in [5.41, 5.74) is 5.15. The van der Waals surface area contributed by atoms with E-state index in [1.807, 2.05) is 72.5 Å². The van der Waals surface area contributed by atoms with Crippen LogP contribution < -0.4 is 4.74 Å². The molecular formula is C33H26ClFN2O3. The van der Waals surface area contributed by atoms with Gasteiger partial charge in [-0.05, 0) is 91.2 Å². The molecule has 1 unspecified atom stereocenters. The molecule has 0 saturated carbocycles. The van der Waals surface area contributed by atoms with Crippen LogP contribution in [-0.4, -0.2) is 34.9 Å². The molecule has 200 valence electrons. The number of halogens is 2. The average Bonchev–Trinajstić information content (AvgIpc) is 3.30. The smallest absolute Gasteiger partial charge is 0.262 e. The number of hydrogen-bond donors (Lipinski definition) is 0. The second-order valence-electron chi connectivity index (χ2n) is 9.96. The fourth-order valence-corrected chi connectivity index (χ4v) is 5.72. The summed E-state index contributed by atoms with van der Waals surface area (Å²) in [6.07, 6.45) is 0.542. The minimum Gasteiger partial charge on any atom is -0.497 e. The van der Waals surface area contributed by atoms with Crippen molar-refractivity contribution >= 4 is 34.3 Å². The lowest BCUT2D eigenvalue weighted by atomic mass is 9.91. The monoisotopic (exact) mass is 552 g/mol. The number of benzene rings is 4.